The van der Waals surface area contributed by atoms with Gasteiger partial charge >= 0.3 is 5.97 Å². The maximum absolute atomic E-state index is 11.5. The molecule has 0 aliphatic rings. The van der Waals surface area contributed by atoms with Crippen molar-refractivity contribution in [1.29, 1.82) is 0 Å². The SMILES string of the molecule is CCCC(CC)Nc1cccc(C(=O)OC)c1N. The van der Waals surface area contributed by atoms with Gasteiger partial charge in [0.1, 0.15) is 0 Å². The van der Waals surface area contributed by atoms with E-state index in [-0.39, 0.29) is 0 Å². The fraction of sp³-hybridized carbons (Fsp3) is 0.500. The molecule has 1 aromatic carbocycles. The first-order valence-electron chi connectivity index (χ1n) is 6.37. The minimum Gasteiger partial charge on any atom is -0.465 e. The van der Waals surface area contributed by atoms with Crippen LogP contribution >= 0.6 is 0 Å². The molecule has 0 aliphatic heterocycles. The van der Waals surface area contributed by atoms with Gasteiger partial charge in [0, 0.05) is 6.04 Å². The lowest BCUT2D eigenvalue weighted by Crippen LogP contribution is -2.19. The number of benzene rings is 1. The van der Waals surface area contributed by atoms with Gasteiger partial charge in [0.25, 0.3) is 0 Å². The van der Waals surface area contributed by atoms with Crippen molar-refractivity contribution >= 4 is 17.3 Å². The van der Waals surface area contributed by atoms with Crippen LogP contribution in [-0.4, -0.2) is 19.1 Å². The van der Waals surface area contributed by atoms with Crippen LogP contribution in [-0.2, 0) is 4.74 Å². The number of carbonyl (C=O) groups excluding carboxylic acids is 1. The number of anilines is 2. The highest BCUT2D eigenvalue weighted by Gasteiger charge is 2.14. The zero-order valence-corrected chi connectivity index (χ0v) is 11.3. The molecule has 0 spiro atoms. The normalized spacial score (nSPS) is 11.9. The summed E-state index contributed by atoms with van der Waals surface area (Å²) in [6.07, 6.45) is 3.22. The van der Waals surface area contributed by atoms with Crippen LogP contribution in [0.3, 0.4) is 0 Å². The topological polar surface area (TPSA) is 64.3 Å². The van der Waals surface area contributed by atoms with E-state index < -0.39 is 5.97 Å². The number of hydrogen-bond acceptors (Lipinski definition) is 4. The number of rotatable bonds is 6. The first-order valence-corrected chi connectivity index (χ1v) is 6.37. The van der Waals surface area contributed by atoms with Crippen LogP contribution in [0.5, 0.6) is 0 Å². The summed E-state index contributed by atoms with van der Waals surface area (Å²) in [7, 11) is 1.35. The molecule has 0 aromatic heterocycles. The lowest BCUT2D eigenvalue weighted by Gasteiger charge is -2.19. The molecule has 0 amide bonds. The van der Waals surface area contributed by atoms with E-state index in [0.29, 0.717) is 17.3 Å². The van der Waals surface area contributed by atoms with Crippen molar-refractivity contribution in [2.24, 2.45) is 0 Å². The predicted octanol–water partition coefficient (Wildman–Crippen LogP) is 3.05. The van der Waals surface area contributed by atoms with Crippen molar-refractivity contribution in [2.45, 2.75) is 39.2 Å². The number of para-hydroxylation sites is 1. The van der Waals surface area contributed by atoms with Crippen LogP contribution in [0.4, 0.5) is 11.4 Å². The zero-order chi connectivity index (χ0) is 13.5. The second kappa shape index (κ2) is 6.89. The average molecular weight is 250 g/mol. The molecule has 100 valence electrons. The Balaban J connectivity index is 2.92. The summed E-state index contributed by atoms with van der Waals surface area (Å²) in [6, 6.07) is 5.75. The van der Waals surface area contributed by atoms with Gasteiger partial charge in [-0.1, -0.05) is 26.3 Å². The van der Waals surface area contributed by atoms with Crippen LogP contribution < -0.4 is 11.1 Å². The maximum atomic E-state index is 11.5. The van der Waals surface area contributed by atoms with Crippen molar-refractivity contribution in [3.05, 3.63) is 23.8 Å². The number of hydrogen-bond donors (Lipinski definition) is 2. The summed E-state index contributed by atoms with van der Waals surface area (Å²) >= 11 is 0. The highest BCUT2D eigenvalue weighted by Crippen LogP contribution is 2.25. The van der Waals surface area contributed by atoms with E-state index in [1.54, 1.807) is 6.07 Å². The molecule has 3 N–H and O–H groups in total. The van der Waals surface area contributed by atoms with Gasteiger partial charge in [0.05, 0.1) is 24.0 Å². The molecular weight excluding hydrogens is 228 g/mol. The Morgan fingerprint density at radius 1 is 1.44 bits per heavy atom. The maximum Gasteiger partial charge on any atom is 0.340 e. The molecule has 4 heteroatoms. The summed E-state index contributed by atoms with van der Waals surface area (Å²) < 4.78 is 4.70. The van der Waals surface area contributed by atoms with Gasteiger partial charge in [-0.15, -0.1) is 0 Å². The van der Waals surface area contributed by atoms with Gasteiger partial charge in [0.15, 0.2) is 0 Å². The molecule has 0 radical (unpaired) electrons. The smallest absolute Gasteiger partial charge is 0.340 e. The van der Waals surface area contributed by atoms with Crippen LogP contribution in [0.25, 0.3) is 0 Å². The quantitative estimate of drug-likeness (QED) is 0.601. The third kappa shape index (κ3) is 3.39. The molecule has 18 heavy (non-hydrogen) atoms. The van der Waals surface area contributed by atoms with E-state index in [9.17, 15) is 4.79 Å². The van der Waals surface area contributed by atoms with Crippen molar-refractivity contribution in [2.75, 3.05) is 18.2 Å². The standard InChI is InChI=1S/C14H22N2O2/c1-4-7-10(5-2)16-12-9-6-8-11(13(12)15)14(17)18-3/h6,8-10,16H,4-5,7,15H2,1-3H3. The number of nitrogen functional groups attached to an aromatic ring is 1. The van der Waals surface area contributed by atoms with E-state index in [0.717, 1.165) is 24.9 Å². The van der Waals surface area contributed by atoms with Crippen LogP contribution in [0.2, 0.25) is 0 Å². The molecule has 0 saturated heterocycles. The largest absolute Gasteiger partial charge is 0.465 e. The van der Waals surface area contributed by atoms with E-state index in [2.05, 4.69) is 19.2 Å². The molecular formula is C14H22N2O2. The Bertz CT molecular complexity index is 405. The number of ether oxygens (including phenoxy) is 1. The molecule has 1 rings (SSSR count). The lowest BCUT2D eigenvalue weighted by atomic mass is 10.1. The van der Waals surface area contributed by atoms with E-state index >= 15 is 0 Å². The number of esters is 1. The van der Waals surface area contributed by atoms with Gasteiger partial charge in [-0.3, -0.25) is 0 Å². The first kappa shape index (κ1) is 14.4. The fourth-order valence-corrected chi connectivity index (χ4v) is 1.93. The Labute approximate surface area is 109 Å². The molecule has 0 saturated carbocycles. The minimum absolute atomic E-state index is 0.380. The summed E-state index contributed by atoms with van der Waals surface area (Å²) in [6.45, 7) is 4.28. The third-order valence-corrected chi connectivity index (χ3v) is 3.00. The molecule has 0 fully saturated rings. The fourth-order valence-electron chi connectivity index (χ4n) is 1.93. The summed E-state index contributed by atoms with van der Waals surface area (Å²) in [5, 5.41) is 3.38. The van der Waals surface area contributed by atoms with E-state index in [1.807, 2.05) is 12.1 Å². The number of nitrogens with one attached hydrogen (secondary N) is 1. The van der Waals surface area contributed by atoms with Crippen molar-refractivity contribution < 1.29 is 9.53 Å². The Hall–Kier alpha value is -1.71. The molecule has 0 bridgehead atoms. The van der Waals surface area contributed by atoms with Gasteiger partial charge in [-0.25, -0.2) is 4.79 Å². The number of nitrogens with two attached hydrogens (primary N) is 1. The molecule has 1 atom stereocenters. The highest BCUT2D eigenvalue weighted by molar-refractivity contribution is 5.98. The Morgan fingerprint density at radius 3 is 2.72 bits per heavy atom. The van der Waals surface area contributed by atoms with Crippen molar-refractivity contribution in [1.82, 2.24) is 0 Å². The summed E-state index contributed by atoms with van der Waals surface area (Å²) in [4.78, 5) is 11.5. The average Bonchev–Trinajstić information content (AvgIpc) is 2.39. The number of methoxy groups -OCH3 is 1. The Morgan fingerprint density at radius 2 is 2.17 bits per heavy atom. The number of carbonyl (C=O) groups is 1. The predicted molar refractivity (Wildman–Crippen MR) is 74.8 cm³/mol. The highest BCUT2D eigenvalue weighted by atomic mass is 16.5. The van der Waals surface area contributed by atoms with Gasteiger partial charge in [0.2, 0.25) is 0 Å². The first-order chi connectivity index (χ1) is 8.63. The third-order valence-electron chi connectivity index (χ3n) is 3.00. The van der Waals surface area contributed by atoms with Crippen LogP contribution in [0.1, 0.15) is 43.5 Å². The molecule has 1 aromatic rings. The van der Waals surface area contributed by atoms with Gasteiger partial charge in [-0.2, -0.15) is 0 Å². The molecule has 0 heterocycles. The van der Waals surface area contributed by atoms with Crippen molar-refractivity contribution in [3.63, 3.8) is 0 Å². The summed E-state index contributed by atoms with van der Waals surface area (Å²) in [5.74, 6) is -0.403. The summed E-state index contributed by atoms with van der Waals surface area (Å²) in [5.41, 5.74) is 7.67. The van der Waals surface area contributed by atoms with E-state index in [4.69, 9.17) is 10.5 Å². The van der Waals surface area contributed by atoms with Crippen LogP contribution in [0.15, 0.2) is 18.2 Å². The molecule has 1 unspecified atom stereocenters. The van der Waals surface area contributed by atoms with Gasteiger partial charge in [-0.05, 0) is 25.0 Å². The lowest BCUT2D eigenvalue weighted by molar-refractivity contribution is 0.0602. The van der Waals surface area contributed by atoms with Crippen LogP contribution in [0, 0.1) is 0 Å². The second-order valence-corrected chi connectivity index (χ2v) is 4.30. The zero-order valence-electron chi connectivity index (χ0n) is 11.3. The van der Waals surface area contributed by atoms with E-state index in [1.165, 1.54) is 7.11 Å². The van der Waals surface area contributed by atoms with Crippen molar-refractivity contribution in [3.8, 4) is 0 Å². The second-order valence-electron chi connectivity index (χ2n) is 4.30. The molecule has 4 nitrogen and oxygen atoms in total. The minimum atomic E-state index is -0.403. The molecule has 0 aliphatic carbocycles. The monoisotopic (exact) mass is 250 g/mol. The van der Waals surface area contributed by atoms with Gasteiger partial charge < -0.3 is 15.8 Å². The Kier molecular flexibility index (Phi) is 5.49.